The van der Waals surface area contributed by atoms with E-state index in [2.05, 4.69) is 25.4 Å². The van der Waals surface area contributed by atoms with Gasteiger partial charge in [0.2, 0.25) is 0 Å². The first-order valence-corrected chi connectivity index (χ1v) is 7.76. The summed E-state index contributed by atoms with van der Waals surface area (Å²) in [7, 11) is 0. The molecule has 0 aliphatic heterocycles. The van der Waals surface area contributed by atoms with Gasteiger partial charge in [0.15, 0.2) is 0 Å². The van der Waals surface area contributed by atoms with E-state index in [1.165, 1.54) is 25.7 Å². The Morgan fingerprint density at radius 3 is 2.06 bits per heavy atom. The van der Waals surface area contributed by atoms with Crippen molar-refractivity contribution < 1.29 is 19.1 Å². The molecule has 0 N–H and O–H groups in total. The molecule has 0 unspecified atom stereocenters. The van der Waals surface area contributed by atoms with Crippen LogP contribution in [0.5, 0.6) is 0 Å². The summed E-state index contributed by atoms with van der Waals surface area (Å²) in [6, 6.07) is 0. The zero-order valence-electron chi connectivity index (χ0n) is 11.1. The molecular formula is C13H23BrO4. The van der Waals surface area contributed by atoms with Crippen molar-refractivity contribution in [2.75, 3.05) is 11.9 Å². The fraction of sp³-hybridized carbons (Fsp3) is 0.846. The van der Waals surface area contributed by atoms with E-state index in [0.717, 1.165) is 24.6 Å². The van der Waals surface area contributed by atoms with Gasteiger partial charge in [0.05, 0.1) is 6.61 Å². The number of rotatable bonds is 10. The summed E-state index contributed by atoms with van der Waals surface area (Å²) >= 11 is 3.40. The number of esters is 1. The molecule has 0 radical (unpaired) electrons. The summed E-state index contributed by atoms with van der Waals surface area (Å²) in [6.07, 6.45) is 7.26. The second-order valence-electron chi connectivity index (χ2n) is 4.07. The molecule has 0 aliphatic carbocycles. The number of carbonyl (C=O) groups is 2. The van der Waals surface area contributed by atoms with Crippen molar-refractivity contribution >= 4 is 28.1 Å². The Morgan fingerprint density at radius 2 is 1.50 bits per heavy atom. The molecule has 0 aliphatic rings. The van der Waals surface area contributed by atoms with Gasteiger partial charge in [-0.1, -0.05) is 48.0 Å². The molecular weight excluding hydrogens is 300 g/mol. The van der Waals surface area contributed by atoms with E-state index in [1.807, 2.05) is 0 Å². The average Bonchev–Trinajstić information content (AvgIpc) is 2.32. The molecule has 0 heterocycles. The third kappa shape index (κ3) is 11.9. The Labute approximate surface area is 118 Å². The van der Waals surface area contributed by atoms with Crippen LogP contribution in [0.3, 0.4) is 0 Å². The van der Waals surface area contributed by atoms with Crippen LogP contribution in [0.4, 0.5) is 4.79 Å². The zero-order chi connectivity index (χ0) is 13.6. The molecule has 0 rings (SSSR count). The lowest BCUT2D eigenvalue weighted by Gasteiger charge is -2.03. The summed E-state index contributed by atoms with van der Waals surface area (Å²) in [4.78, 5) is 22.0. The average molecular weight is 323 g/mol. The minimum absolute atomic E-state index is 0.223. The fourth-order valence-electron chi connectivity index (χ4n) is 1.54. The minimum Gasteiger partial charge on any atom is -0.434 e. The predicted octanol–water partition coefficient (Wildman–Crippen LogP) is 4.20. The minimum atomic E-state index is -0.891. The molecule has 0 aromatic heterocycles. The van der Waals surface area contributed by atoms with E-state index in [-0.39, 0.29) is 6.61 Å². The van der Waals surface area contributed by atoms with Crippen LogP contribution in [0.1, 0.15) is 58.3 Å². The first-order valence-electron chi connectivity index (χ1n) is 6.64. The van der Waals surface area contributed by atoms with Crippen LogP contribution in [-0.4, -0.2) is 24.1 Å². The van der Waals surface area contributed by atoms with E-state index in [9.17, 15) is 9.59 Å². The summed E-state index contributed by atoms with van der Waals surface area (Å²) in [5.74, 6) is -0.493. The Balaban J connectivity index is 3.27. The molecule has 0 bridgehead atoms. The summed E-state index contributed by atoms with van der Waals surface area (Å²) < 4.78 is 8.95. The van der Waals surface area contributed by atoms with Gasteiger partial charge in [-0.3, -0.25) is 4.79 Å². The number of alkyl halides is 1. The number of carbonyl (C=O) groups excluding carboxylic acids is 2. The maximum atomic E-state index is 11.2. The molecule has 18 heavy (non-hydrogen) atoms. The number of halogens is 1. The highest BCUT2D eigenvalue weighted by Gasteiger charge is 2.10. The Kier molecular flexibility index (Phi) is 12.5. The molecule has 5 heteroatoms. The maximum absolute atomic E-state index is 11.2. The molecule has 0 aromatic rings. The quantitative estimate of drug-likeness (QED) is 0.262. The number of hydrogen-bond acceptors (Lipinski definition) is 4. The molecule has 4 nitrogen and oxygen atoms in total. The normalized spacial score (nSPS) is 10.1. The highest BCUT2D eigenvalue weighted by atomic mass is 79.9. The third-order valence-corrected chi connectivity index (χ3v) is 3.03. The van der Waals surface area contributed by atoms with Gasteiger partial charge in [-0.2, -0.15) is 0 Å². The molecule has 0 amide bonds. The van der Waals surface area contributed by atoms with Crippen molar-refractivity contribution in [1.82, 2.24) is 0 Å². The molecule has 0 fully saturated rings. The highest BCUT2D eigenvalue weighted by molar-refractivity contribution is 9.09. The van der Waals surface area contributed by atoms with Gasteiger partial charge in [-0.15, -0.1) is 0 Å². The molecule has 0 atom stereocenters. The van der Waals surface area contributed by atoms with Crippen molar-refractivity contribution in [1.29, 1.82) is 0 Å². The van der Waals surface area contributed by atoms with Crippen LogP contribution in [0.2, 0.25) is 0 Å². The van der Waals surface area contributed by atoms with Gasteiger partial charge in [0, 0.05) is 11.8 Å². The lowest BCUT2D eigenvalue weighted by atomic mass is 10.1. The predicted molar refractivity (Wildman–Crippen MR) is 73.8 cm³/mol. The van der Waals surface area contributed by atoms with E-state index in [0.29, 0.717) is 6.42 Å². The summed E-state index contributed by atoms with van der Waals surface area (Å²) in [5.41, 5.74) is 0. The van der Waals surface area contributed by atoms with Gasteiger partial charge >= 0.3 is 12.1 Å². The molecule has 0 saturated heterocycles. The van der Waals surface area contributed by atoms with Crippen LogP contribution in [-0.2, 0) is 14.3 Å². The number of hydrogen-bond donors (Lipinski definition) is 0. The van der Waals surface area contributed by atoms with E-state index in [4.69, 9.17) is 0 Å². The van der Waals surface area contributed by atoms with Gasteiger partial charge < -0.3 is 9.47 Å². The molecule has 106 valence electrons. The molecule has 0 aromatic carbocycles. The Hall–Kier alpha value is -0.580. The third-order valence-electron chi connectivity index (χ3n) is 2.47. The van der Waals surface area contributed by atoms with Crippen molar-refractivity contribution in [3.05, 3.63) is 0 Å². The first kappa shape index (κ1) is 17.4. The van der Waals surface area contributed by atoms with E-state index < -0.39 is 12.1 Å². The first-order chi connectivity index (χ1) is 8.70. The monoisotopic (exact) mass is 322 g/mol. The highest BCUT2D eigenvalue weighted by Crippen LogP contribution is 2.09. The van der Waals surface area contributed by atoms with Crippen molar-refractivity contribution in [3.63, 3.8) is 0 Å². The van der Waals surface area contributed by atoms with E-state index in [1.54, 1.807) is 6.92 Å². The topological polar surface area (TPSA) is 52.6 Å². The van der Waals surface area contributed by atoms with Gasteiger partial charge in [-0.25, -0.2) is 4.79 Å². The lowest BCUT2D eigenvalue weighted by Crippen LogP contribution is -2.13. The second kappa shape index (κ2) is 12.9. The van der Waals surface area contributed by atoms with E-state index >= 15 is 0 Å². The second-order valence-corrected chi connectivity index (χ2v) is 4.86. The van der Waals surface area contributed by atoms with Crippen LogP contribution < -0.4 is 0 Å². The van der Waals surface area contributed by atoms with Crippen LogP contribution in [0.25, 0.3) is 0 Å². The lowest BCUT2D eigenvalue weighted by molar-refractivity contribution is -0.139. The van der Waals surface area contributed by atoms with Crippen molar-refractivity contribution in [3.8, 4) is 0 Å². The largest absolute Gasteiger partial charge is 0.516 e. The van der Waals surface area contributed by atoms with Crippen LogP contribution in [0.15, 0.2) is 0 Å². The van der Waals surface area contributed by atoms with Crippen LogP contribution in [0, 0.1) is 0 Å². The smallest absolute Gasteiger partial charge is 0.434 e. The standard InChI is InChI=1S/C13H23BrO4/c1-2-17-13(16)18-12(15)10-8-6-4-3-5-7-9-11-14/h2-11H2,1H3. The Bertz CT molecular complexity index is 231. The summed E-state index contributed by atoms with van der Waals surface area (Å²) in [5, 5.41) is 1.08. The molecule has 0 spiro atoms. The fourth-order valence-corrected chi connectivity index (χ4v) is 1.94. The molecule has 0 saturated carbocycles. The van der Waals surface area contributed by atoms with Gasteiger partial charge in [0.1, 0.15) is 0 Å². The van der Waals surface area contributed by atoms with Gasteiger partial charge in [-0.05, 0) is 19.8 Å². The van der Waals surface area contributed by atoms with Crippen molar-refractivity contribution in [2.24, 2.45) is 0 Å². The maximum Gasteiger partial charge on any atom is 0.516 e. The zero-order valence-corrected chi connectivity index (χ0v) is 12.7. The van der Waals surface area contributed by atoms with Crippen LogP contribution >= 0.6 is 15.9 Å². The number of ether oxygens (including phenoxy) is 2. The SMILES string of the molecule is CCOC(=O)OC(=O)CCCCCCCCCBr. The number of unbranched alkanes of at least 4 members (excludes halogenated alkanes) is 6. The van der Waals surface area contributed by atoms with Crippen molar-refractivity contribution in [2.45, 2.75) is 58.3 Å². The van der Waals surface area contributed by atoms with Gasteiger partial charge in [0.25, 0.3) is 0 Å². The summed E-state index contributed by atoms with van der Waals surface area (Å²) in [6.45, 7) is 1.89. The Morgan fingerprint density at radius 1 is 0.944 bits per heavy atom.